The molecule has 0 aromatic heterocycles. The van der Waals surface area contributed by atoms with Gasteiger partial charge in [0, 0.05) is 15.1 Å². The zero-order chi connectivity index (χ0) is 23.1. The van der Waals surface area contributed by atoms with Crippen molar-refractivity contribution in [2.45, 2.75) is 0 Å². The monoisotopic (exact) mass is 646 g/mol. The van der Waals surface area contributed by atoms with Crippen LogP contribution in [0, 0.1) is 3.57 Å². The highest BCUT2D eigenvalue weighted by molar-refractivity contribution is 14.1. The lowest BCUT2D eigenvalue weighted by atomic mass is 10.2. The molecule has 0 fully saturated rings. The molecule has 164 valence electrons. The second kappa shape index (κ2) is 11.6. The van der Waals surface area contributed by atoms with Crippen molar-refractivity contribution in [1.82, 2.24) is 5.43 Å². The summed E-state index contributed by atoms with van der Waals surface area (Å²) >= 11 is 17.4. The van der Waals surface area contributed by atoms with Crippen LogP contribution in [0.3, 0.4) is 0 Å². The number of rotatable bonds is 7. The molecule has 1 N–H and O–H groups in total. The van der Waals surface area contributed by atoms with Crippen LogP contribution in [0.25, 0.3) is 0 Å². The highest BCUT2D eigenvalue weighted by Crippen LogP contribution is 2.25. The molecule has 0 aliphatic heterocycles. The Morgan fingerprint density at radius 2 is 1.81 bits per heavy atom. The minimum Gasteiger partial charge on any atom is -0.483 e. The molecule has 3 aromatic rings. The van der Waals surface area contributed by atoms with Crippen molar-refractivity contribution in [3.63, 3.8) is 0 Å². The fourth-order valence-electron chi connectivity index (χ4n) is 2.44. The van der Waals surface area contributed by atoms with Gasteiger partial charge in [-0.3, -0.25) is 4.79 Å². The van der Waals surface area contributed by atoms with E-state index in [0.717, 1.165) is 8.04 Å². The smallest absolute Gasteiger partial charge is 0.345 e. The molecule has 0 bridgehead atoms. The van der Waals surface area contributed by atoms with E-state index in [2.05, 4.69) is 49.0 Å². The molecule has 0 radical (unpaired) electrons. The minimum atomic E-state index is -0.609. The van der Waals surface area contributed by atoms with Gasteiger partial charge >= 0.3 is 5.97 Å². The van der Waals surface area contributed by atoms with Gasteiger partial charge in [0.15, 0.2) is 6.61 Å². The average Bonchev–Trinajstić information content (AvgIpc) is 2.75. The number of hydrogen-bond acceptors (Lipinski definition) is 5. The zero-order valence-electron chi connectivity index (χ0n) is 16.2. The molecule has 3 aromatic carbocycles. The summed E-state index contributed by atoms with van der Waals surface area (Å²) in [5.74, 6) is -0.280. The van der Waals surface area contributed by atoms with Crippen molar-refractivity contribution in [3.8, 4) is 11.5 Å². The molecule has 0 spiro atoms. The van der Waals surface area contributed by atoms with Crippen molar-refractivity contribution in [3.05, 3.63) is 89.9 Å². The van der Waals surface area contributed by atoms with Crippen LogP contribution in [0.1, 0.15) is 15.9 Å². The molecule has 3 rings (SSSR count). The molecule has 1 amide bonds. The summed E-state index contributed by atoms with van der Waals surface area (Å²) in [6, 6.07) is 16.7. The molecule has 0 aliphatic rings. The number of carbonyl (C=O) groups is 2. The van der Waals surface area contributed by atoms with E-state index in [0.29, 0.717) is 16.3 Å². The molecule has 6 nitrogen and oxygen atoms in total. The molecule has 0 aliphatic carbocycles. The lowest BCUT2D eigenvalue weighted by molar-refractivity contribution is -0.123. The molecule has 0 unspecified atom stereocenters. The number of ether oxygens (including phenoxy) is 2. The lowest BCUT2D eigenvalue weighted by Crippen LogP contribution is -2.24. The molecule has 0 heterocycles. The summed E-state index contributed by atoms with van der Waals surface area (Å²) in [7, 11) is 0. The summed E-state index contributed by atoms with van der Waals surface area (Å²) < 4.78 is 12.5. The van der Waals surface area contributed by atoms with E-state index in [1.165, 1.54) is 6.21 Å². The fraction of sp³-hybridized carbons (Fsp3) is 0.0455. The number of hydrazone groups is 1. The molecular formula is C22H14BrCl2IN2O4. The van der Waals surface area contributed by atoms with E-state index in [1.807, 2.05) is 0 Å². The van der Waals surface area contributed by atoms with E-state index in [-0.39, 0.29) is 22.9 Å². The van der Waals surface area contributed by atoms with Gasteiger partial charge in [0.1, 0.15) is 11.5 Å². The molecule has 0 saturated heterocycles. The molecule has 0 saturated carbocycles. The first kappa shape index (κ1) is 24.5. The number of carbonyl (C=O) groups excluding carboxylic acids is 2. The van der Waals surface area contributed by atoms with Crippen LogP contribution in [0.15, 0.2) is 70.2 Å². The van der Waals surface area contributed by atoms with Crippen molar-refractivity contribution in [2.75, 3.05) is 6.61 Å². The molecule has 32 heavy (non-hydrogen) atoms. The summed E-state index contributed by atoms with van der Waals surface area (Å²) in [5.41, 5.74) is 3.08. The molecule has 10 heteroatoms. The van der Waals surface area contributed by atoms with Crippen LogP contribution >= 0.6 is 61.7 Å². The van der Waals surface area contributed by atoms with Crippen LogP contribution in [0.5, 0.6) is 11.5 Å². The van der Waals surface area contributed by atoms with Crippen molar-refractivity contribution in [2.24, 2.45) is 5.10 Å². The number of esters is 1. The van der Waals surface area contributed by atoms with Crippen molar-refractivity contribution >= 4 is 79.8 Å². The van der Waals surface area contributed by atoms with Gasteiger partial charge < -0.3 is 9.47 Å². The Bertz CT molecular complexity index is 1190. The SMILES string of the molecule is O=C(COc1ccc(Cl)cc1I)N/N=C/c1cc(Br)ccc1OC(=O)c1ccccc1Cl. The van der Waals surface area contributed by atoms with Crippen LogP contribution in [0.4, 0.5) is 0 Å². The van der Waals surface area contributed by atoms with Gasteiger partial charge in [-0.1, -0.05) is 51.3 Å². The highest BCUT2D eigenvalue weighted by atomic mass is 127. The van der Waals surface area contributed by atoms with Gasteiger partial charge in [-0.05, 0) is 71.1 Å². The van der Waals surface area contributed by atoms with E-state index < -0.39 is 11.9 Å². The van der Waals surface area contributed by atoms with Crippen LogP contribution in [-0.4, -0.2) is 24.7 Å². The summed E-state index contributed by atoms with van der Waals surface area (Å²) in [6.45, 7) is -0.234. The maximum Gasteiger partial charge on any atom is 0.345 e. The Balaban J connectivity index is 1.63. The maximum absolute atomic E-state index is 12.5. The number of nitrogens with zero attached hydrogens (tertiary/aromatic N) is 1. The van der Waals surface area contributed by atoms with E-state index in [9.17, 15) is 9.59 Å². The number of benzene rings is 3. The summed E-state index contributed by atoms with van der Waals surface area (Å²) in [4.78, 5) is 24.5. The largest absolute Gasteiger partial charge is 0.483 e. The van der Waals surface area contributed by atoms with Crippen LogP contribution < -0.4 is 14.9 Å². The Kier molecular flexibility index (Phi) is 8.92. The zero-order valence-corrected chi connectivity index (χ0v) is 21.4. The summed E-state index contributed by atoms with van der Waals surface area (Å²) in [5, 5.41) is 4.79. The normalized spacial score (nSPS) is 10.8. The first-order chi connectivity index (χ1) is 15.3. The second-order valence-electron chi connectivity index (χ2n) is 6.21. The Morgan fingerprint density at radius 3 is 2.56 bits per heavy atom. The van der Waals surface area contributed by atoms with E-state index in [1.54, 1.807) is 60.7 Å². The first-order valence-electron chi connectivity index (χ1n) is 8.99. The van der Waals surface area contributed by atoms with Crippen LogP contribution in [-0.2, 0) is 4.79 Å². The van der Waals surface area contributed by atoms with Gasteiger partial charge in [0.25, 0.3) is 5.91 Å². The molecule has 0 atom stereocenters. The number of halogens is 4. The number of amides is 1. The third-order valence-corrected chi connectivity index (χ3v) is 5.81. The Labute approximate surface area is 216 Å². The third kappa shape index (κ3) is 6.93. The topological polar surface area (TPSA) is 77.0 Å². The van der Waals surface area contributed by atoms with Crippen molar-refractivity contribution in [1.29, 1.82) is 0 Å². The number of nitrogens with one attached hydrogen (secondary N) is 1. The number of hydrogen-bond donors (Lipinski definition) is 1. The predicted molar refractivity (Wildman–Crippen MR) is 136 cm³/mol. The lowest BCUT2D eigenvalue weighted by Gasteiger charge is -2.09. The Morgan fingerprint density at radius 1 is 1.06 bits per heavy atom. The predicted octanol–water partition coefficient (Wildman–Crippen LogP) is 6.11. The third-order valence-electron chi connectivity index (χ3n) is 3.91. The van der Waals surface area contributed by atoms with Crippen molar-refractivity contribution < 1.29 is 19.1 Å². The molecular weight excluding hydrogens is 634 g/mol. The van der Waals surface area contributed by atoms with E-state index >= 15 is 0 Å². The fourth-order valence-corrected chi connectivity index (χ4v) is 4.06. The average molecular weight is 648 g/mol. The highest BCUT2D eigenvalue weighted by Gasteiger charge is 2.14. The maximum atomic E-state index is 12.5. The first-order valence-corrected chi connectivity index (χ1v) is 11.6. The standard InChI is InChI=1S/C22H14BrCl2IN2O4/c23-14-5-7-19(32-22(30)16-3-1-2-4-17(16)25)13(9-14)11-27-28-21(29)12-31-20-8-6-15(24)10-18(20)26/h1-11H,12H2,(H,28,29)/b27-11+. The van der Waals surface area contributed by atoms with Gasteiger partial charge in [0.2, 0.25) is 0 Å². The van der Waals surface area contributed by atoms with Gasteiger partial charge in [-0.2, -0.15) is 5.10 Å². The summed E-state index contributed by atoms with van der Waals surface area (Å²) in [6.07, 6.45) is 1.37. The van der Waals surface area contributed by atoms with Gasteiger partial charge in [-0.15, -0.1) is 0 Å². The minimum absolute atomic E-state index is 0.234. The van der Waals surface area contributed by atoms with Gasteiger partial charge in [-0.25, -0.2) is 10.2 Å². The second-order valence-corrected chi connectivity index (χ2v) is 9.13. The Hall–Kier alpha value is -2.14. The van der Waals surface area contributed by atoms with Crippen LogP contribution in [0.2, 0.25) is 10.0 Å². The van der Waals surface area contributed by atoms with Gasteiger partial charge in [0.05, 0.1) is 20.4 Å². The quantitative estimate of drug-likeness (QED) is 0.110. The van der Waals surface area contributed by atoms with E-state index in [4.69, 9.17) is 32.7 Å².